The van der Waals surface area contributed by atoms with Gasteiger partial charge in [0.15, 0.2) is 5.12 Å². The average Bonchev–Trinajstić information content (AvgIpc) is 2.68. The van der Waals surface area contributed by atoms with Crippen molar-refractivity contribution in [3.05, 3.63) is 21.8 Å². The molecule has 2 rings (SSSR count). The summed E-state index contributed by atoms with van der Waals surface area (Å²) in [6.07, 6.45) is 0.492. The number of anilines is 2. The van der Waals surface area contributed by atoms with Gasteiger partial charge in [-0.05, 0) is 46.7 Å². The monoisotopic (exact) mass is 390 g/mol. The number of hydrogen-bond donors (Lipinski definition) is 1. The fraction of sp³-hybridized carbons (Fsp3) is 0.385. The molecule has 1 heterocycles. The second-order valence-electron chi connectivity index (χ2n) is 4.58. The SMILES string of the molecule is CC(=O)SCC1CC(=O)N(c2ccc(I)cc2N)C1. The van der Waals surface area contributed by atoms with Crippen LogP contribution in [-0.4, -0.2) is 23.3 Å². The average molecular weight is 390 g/mol. The molecule has 0 saturated carbocycles. The number of amides is 1. The van der Waals surface area contributed by atoms with Crippen molar-refractivity contribution >= 4 is 56.7 Å². The topological polar surface area (TPSA) is 63.4 Å². The Morgan fingerprint density at radius 3 is 2.95 bits per heavy atom. The number of hydrogen-bond acceptors (Lipinski definition) is 4. The van der Waals surface area contributed by atoms with Gasteiger partial charge in [-0.1, -0.05) is 11.8 Å². The maximum Gasteiger partial charge on any atom is 0.227 e. The molecule has 0 aromatic heterocycles. The molecule has 1 amide bonds. The molecular formula is C13H15IN2O2S. The van der Waals surface area contributed by atoms with E-state index in [9.17, 15) is 9.59 Å². The number of rotatable bonds is 3. The van der Waals surface area contributed by atoms with Gasteiger partial charge < -0.3 is 10.6 Å². The Bertz CT molecular complexity index is 521. The van der Waals surface area contributed by atoms with E-state index in [1.807, 2.05) is 18.2 Å². The number of nitrogen functional groups attached to an aromatic ring is 1. The van der Waals surface area contributed by atoms with Crippen molar-refractivity contribution in [2.24, 2.45) is 5.92 Å². The molecule has 4 nitrogen and oxygen atoms in total. The number of benzene rings is 1. The van der Waals surface area contributed by atoms with Crippen LogP contribution in [0.3, 0.4) is 0 Å². The smallest absolute Gasteiger partial charge is 0.227 e. The largest absolute Gasteiger partial charge is 0.397 e. The van der Waals surface area contributed by atoms with E-state index in [-0.39, 0.29) is 16.9 Å². The molecule has 6 heteroatoms. The lowest BCUT2D eigenvalue weighted by molar-refractivity contribution is -0.117. The maximum atomic E-state index is 12.0. The minimum absolute atomic E-state index is 0.0852. The molecule has 1 aromatic carbocycles. The Balaban J connectivity index is 2.09. The van der Waals surface area contributed by atoms with Gasteiger partial charge in [0, 0.05) is 29.2 Å². The summed E-state index contributed by atoms with van der Waals surface area (Å²) in [7, 11) is 0. The molecule has 19 heavy (non-hydrogen) atoms. The summed E-state index contributed by atoms with van der Waals surface area (Å²) in [6.45, 7) is 2.19. The molecule has 2 N–H and O–H groups in total. The molecule has 1 fully saturated rings. The van der Waals surface area contributed by atoms with Crippen LogP contribution < -0.4 is 10.6 Å². The Morgan fingerprint density at radius 2 is 2.32 bits per heavy atom. The number of nitrogens with two attached hydrogens (primary N) is 1. The van der Waals surface area contributed by atoms with Crippen LogP contribution in [0.4, 0.5) is 11.4 Å². The zero-order valence-corrected chi connectivity index (χ0v) is 13.5. The molecule has 0 radical (unpaired) electrons. The highest BCUT2D eigenvalue weighted by atomic mass is 127. The Kier molecular flexibility index (Phi) is 4.72. The van der Waals surface area contributed by atoms with Gasteiger partial charge in [-0.15, -0.1) is 0 Å². The number of thioether (sulfide) groups is 1. The van der Waals surface area contributed by atoms with Crippen LogP contribution >= 0.6 is 34.4 Å². The fourth-order valence-corrected chi connectivity index (χ4v) is 3.34. The quantitative estimate of drug-likeness (QED) is 0.637. The molecule has 102 valence electrons. The lowest BCUT2D eigenvalue weighted by atomic mass is 10.1. The lowest BCUT2D eigenvalue weighted by Crippen LogP contribution is -2.25. The van der Waals surface area contributed by atoms with Crippen molar-refractivity contribution in [3.8, 4) is 0 Å². The van der Waals surface area contributed by atoms with Crippen molar-refractivity contribution in [2.75, 3.05) is 22.9 Å². The third-order valence-corrected chi connectivity index (χ3v) is 4.72. The van der Waals surface area contributed by atoms with E-state index in [0.717, 1.165) is 9.26 Å². The van der Waals surface area contributed by atoms with E-state index in [1.165, 1.54) is 11.8 Å². The first kappa shape index (κ1) is 14.6. The minimum Gasteiger partial charge on any atom is -0.397 e. The van der Waals surface area contributed by atoms with Gasteiger partial charge >= 0.3 is 0 Å². The van der Waals surface area contributed by atoms with E-state index in [1.54, 1.807) is 11.8 Å². The van der Waals surface area contributed by atoms with Gasteiger partial charge in [0.2, 0.25) is 5.91 Å². The van der Waals surface area contributed by atoms with Crippen molar-refractivity contribution in [3.63, 3.8) is 0 Å². The van der Waals surface area contributed by atoms with Gasteiger partial charge in [0.1, 0.15) is 0 Å². The minimum atomic E-state index is 0.0852. The molecular weight excluding hydrogens is 375 g/mol. The first-order chi connectivity index (χ1) is 8.97. The van der Waals surface area contributed by atoms with Crippen LogP contribution in [0.25, 0.3) is 0 Å². The summed E-state index contributed by atoms with van der Waals surface area (Å²) in [5.74, 6) is 1.00. The highest BCUT2D eigenvalue weighted by Gasteiger charge is 2.31. The van der Waals surface area contributed by atoms with Crippen LogP contribution in [-0.2, 0) is 9.59 Å². The van der Waals surface area contributed by atoms with Gasteiger partial charge in [-0.25, -0.2) is 0 Å². The molecule has 0 aliphatic carbocycles. The second-order valence-corrected chi connectivity index (χ2v) is 7.02. The highest BCUT2D eigenvalue weighted by molar-refractivity contribution is 14.1. The van der Waals surface area contributed by atoms with Crippen LogP contribution in [0, 0.1) is 9.49 Å². The fourth-order valence-electron chi connectivity index (χ4n) is 2.13. The number of carbonyl (C=O) groups excluding carboxylic acids is 2. The lowest BCUT2D eigenvalue weighted by Gasteiger charge is -2.18. The third-order valence-electron chi connectivity index (χ3n) is 3.01. The summed E-state index contributed by atoms with van der Waals surface area (Å²) in [6, 6.07) is 5.69. The highest BCUT2D eigenvalue weighted by Crippen LogP contribution is 2.32. The molecule has 1 aliphatic rings. The van der Waals surface area contributed by atoms with E-state index >= 15 is 0 Å². The first-order valence-corrected chi connectivity index (χ1v) is 8.02. The van der Waals surface area contributed by atoms with Crippen LogP contribution in [0.15, 0.2) is 18.2 Å². The zero-order chi connectivity index (χ0) is 14.0. The predicted octanol–water partition coefficient (Wildman–Crippen LogP) is 2.51. The van der Waals surface area contributed by atoms with Gasteiger partial charge in [-0.2, -0.15) is 0 Å². The summed E-state index contributed by atoms with van der Waals surface area (Å²) in [4.78, 5) is 24.7. The van der Waals surface area contributed by atoms with E-state index in [0.29, 0.717) is 24.4 Å². The first-order valence-electron chi connectivity index (χ1n) is 5.96. The molecule has 0 bridgehead atoms. The van der Waals surface area contributed by atoms with Crippen molar-refractivity contribution in [1.82, 2.24) is 0 Å². The standard InChI is InChI=1S/C13H15IN2O2S/c1-8(17)19-7-9-4-13(18)16(6-9)12-3-2-10(14)5-11(12)15/h2-3,5,9H,4,6-7,15H2,1H3. The maximum absolute atomic E-state index is 12.0. The summed E-state index contributed by atoms with van der Waals surface area (Å²) in [5.41, 5.74) is 7.38. The third kappa shape index (κ3) is 3.62. The molecule has 1 saturated heterocycles. The van der Waals surface area contributed by atoms with E-state index in [2.05, 4.69) is 22.6 Å². The Hall–Kier alpha value is -0.760. The zero-order valence-electron chi connectivity index (χ0n) is 10.6. The van der Waals surface area contributed by atoms with Crippen LogP contribution in [0.1, 0.15) is 13.3 Å². The van der Waals surface area contributed by atoms with Crippen molar-refractivity contribution < 1.29 is 9.59 Å². The van der Waals surface area contributed by atoms with Crippen LogP contribution in [0.5, 0.6) is 0 Å². The summed E-state index contributed by atoms with van der Waals surface area (Å²) < 4.78 is 1.05. The number of halogens is 1. The second kappa shape index (κ2) is 6.13. The van der Waals surface area contributed by atoms with Crippen LogP contribution in [0.2, 0.25) is 0 Å². The molecule has 1 aromatic rings. The predicted molar refractivity (Wildman–Crippen MR) is 87.2 cm³/mol. The van der Waals surface area contributed by atoms with Gasteiger partial charge in [0.25, 0.3) is 0 Å². The molecule has 1 unspecified atom stereocenters. The van der Waals surface area contributed by atoms with Crippen molar-refractivity contribution in [2.45, 2.75) is 13.3 Å². The van der Waals surface area contributed by atoms with E-state index < -0.39 is 0 Å². The molecule has 1 aliphatic heterocycles. The van der Waals surface area contributed by atoms with Crippen molar-refractivity contribution in [1.29, 1.82) is 0 Å². The van der Waals surface area contributed by atoms with Gasteiger partial charge in [-0.3, -0.25) is 9.59 Å². The number of nitrogens with zero attached hydrogens (tertiary/aromatic N) is 1. The summed E-state index contributed by atoms with van der Waals surface area (Å²) in [5, 5.41) is 0.0969. The molecule has 1 atom stereocenters. The number of carbonyl (C=O) groups is 2. The molecule has 0 spiro atoms. The van der Waals surface area contributed by atoms with Gasteiger partial charge in [0.05, 0.1) is 11.4 Å². The Labute approximate surface area is 130 Å². The summed E-state index contributed by atoms with van der Waals surface area (Å²) >= 11 is 3.48. The Morgan fingerprint density at radius 1 is 1.58 bits per heavy atom. The normalized spacial score (nSPS) is 18.9. The van der Waals surface area contributed by atoms with E-state index in [4.69, 9.17) is 5.73 Å².